The van der Waals surface area contributed by atoms with E-state index < -0.39 is 5.97 Å². The fraction of sp³-hybridized carbons (Fsp3) is 0. The van der Waals surface area contributed by atoms with Gasteiger partial charge >= 0.3 is 5.97 Å². The molecule has 0 spiro atoms. The maximum Gasteiger partial charge on any atom is 0.346 e. The topological polar surface area (TPSA) is 66.0 Å². The van der Waals surface area contributed by atoms with Gasteiger partial charge in [-0.15, -0.1) is 0 Å². The zero-order chi connectivity index (χ0) is 16.4. The molecule has 0 aliphatic carbocycles. The number of nitriles is 1. The molecule has 112 valence electrons. The number of benzene rings is 2. The maximum atomic E-state index is 11.1. The van der Waals surface area contributed by atoms with E-state index in [9.17, 15) is 4.79 Å². The summed E-state index contributed by atoms with van der Waals surface area (Å²) in [5, 5.41) is 19.3. The molecule has 0 fully saturated rings. The average molecular weight is 323 g/mol. The van der Waals surface area contributed by atoms with E-state index in [1.807, 2.05) is 47.0 Å². The Labute approximate surface area is 137 Å². The zero-order valence-corrected chi connectivity index (χ0v) is 12.7. The van der Waals surface area contributed by atoms with E-state index >= 15 is 0 Å². The van der Waals surface area contributed by atoms with Gasteiger partial charge in [0, 0.05) is 22.8 Å². The second kappa shape index (κ2) is 5.99. The lowest BCUT2D eigenvalue weighted by Gasteiger charge is -2.04. The van der Waals surface area contributed by atoms with E-state index in [0.717, 1.165) is 11.2 Å². The number of carbonyl (C=O) groups is 1. The summed E-state index contributed by atoms with van der Waals surface area (Å²) in [7, 11) is 0. The summed E-state index contributed by atoms with van der Waals surface area (Å²) in [6, 6.07) is 16.8. The third-order valence-corrected chi connectivity index (χ3v) is 3.81. The molecule has 0 atom stereocenters. The van der Waals surface area contributed by atoms with Gasteiger partial charge in [-0.25, -0.2) is 4.79 Å². The minimum absolute atomic E-state index is 0.336. The standard InChI is InChI=1S/C18H11ClN2O2/c19-15-7-4-8-16-17(15)13(9-12(10-20)18(22)23)11-21(16)14-5-2-1-3-6-14/h1-9,11H,(H,22,23)/b12-9+. The molecule has 2 aromatic carbocycles. The number of aromatic nitrogens is 1. The van der Waals surface area contributed by atoms with Gasteiger partial charge in [-0.3, -0.25) is 0 Å². The molecule has 0 amide bonds. The van der Waals surface area contributed by atoms with Crippen LogP contribution in [0.5, 0.6) is 0 Å². The number of para-hydroxylation sites is 1. The Morgan fingerprint density at radius 2 is 1.91 bits per heavy atom. The molecule has 0 unspecified atom stereocenters. The maximum absolute atomic E-state index is 11.1. The first-order valence-electron chi connectivity index (χ1n) is 6.82. The van der Waals surface area contributed by atoms with E-state index in [1.54, 1.807) is 18.3 Å². The van der Waals surface area contributed by atoms with Crippen LogP contribution in [-0.2, 0) is 4.79 Å². The third kappa shape index (κ3) is 2.70. The fourth-order valence-electron chi connectivity index (χ4n) is 2.48. The van der Waals surface area contributed by atoms with Crippen molar-refractivity contribution in [1.29, 1.82) is 5.26 Å². The normalized spacial score (nSPS) is 11.4. The molecule has 0 bridgehead atoms. The van der Waals surface area contributed by atoms with E-state index in [0.29, 0.717) is 16.0 Å². The minimum atomic E-state index is -1.26. The van der Waals surface area contributed by atoms with Crippen LogP contribution in [0, 0.1) is 11.3 Å². The van der Waals surface area contributed by atoms with Crippen LogP contribution in [0.2, 0.25) is 5.02 Å². The molecule has 5 heteroatoms. The number of carboxylic acid groups (broad SMARTS) is 1. The van der Waals surface area contributed by atoms with Gasteiger partial charge in [0.1, 0.15) is 11.6 Å². The van der Waals surface area contributed by atoms with E-state index in [2.05, 4.69) is 0 Å². The van der Waals surface area contributed by atoms with Crippen LogP contribution in [-0.4, -0.2) is 15.6 Å². The van der Waals surface area contributed by atoms with Gasteiger partial charge in [-0.2, -0.15) is 5.26 Å². The van der Waals surface area contributed by atoms with Crippen molar-refractivity contribution in [2.24, 2.45) is 0 Å². The van der Waals surface area contributed by atoms with Crippen molar-refractivity contribution < 1.29 is 9.90 Å². The Kier molecular flexibility index (Phi) is 3.88. The number of halogens is 1. The van der Waals surface area contributed by atoms with Crippen molar-refractivity contribution in [3.63, 3.8) is 0 Å². The molecule has 4 nitrogen and oxygen atoms in total. The molecule has 0 radical (unpaired) electrons. The summed E-state index contributed by atoms with van der Waals surface area (Å²) in [4.78, 5) is 11.1. The van der Waals surface area contributed by atoms with Gasteiger partial charge in [0.25, 0.3) is 0 Å². The van der Waals surface area contributed by atoms with Crippen molar-refractivity contribution in [3.05, 3.63) is 70.9 Å². The summed E-state index contributed by atoms with van der Waals surface area (Å²) in [5.41, 5.74) is 2.02. The molecule has 0 saturated carbocycles. The Hall–Kier alpha value is -3.03. The summed E-state index contributed by atoms with van der Waals surface area (Å²) in [6.07, 6.45) is 3.13. The third-order valence-electron chi connectivity index (χ3n) is 3.49. The highest BCUT2D eigenvalue weighted by Gasteiger charge is 2.14. The Balaban J connectivity index is 2.32. The van der Waals surface area contributed by atoms with Gasteiger partial charge in [0.2, 0.25) is 0 Å². The van der Waals surface area contributed by atoms with Crippen molar-refractivity contribution in [2.45, 2.75) is 0 Å². The second-order valence-electron chi connectivity index (χ2n) is 4.90. The number of hydrogen-bond acceptors (Lipinski definition) is 2. The second-order valence-corrected chi connectivity index (χ2v) is 5.31. The first kappa shape index (κ1) is 14.9. The number of aliphatic carboxylic acids is 1. The van der Waals surface area contributed by atoms with Crippen LogP contribution in [0.25, 0.3) is 22.7 Å². The van der Waals surface area contributed by atoms with Crippen molar-refractivity contribution in [3.8, 4) is 11.8 Å². The SMILES string of the molecule is N#C/C(=C\c1cn(-c2ccccc2)c2cccc(Cl)c12)C(=O)O. The van der Waals surface area contributed by atoms with E-state index in [-0.39, 0.29) is 5.57 Å². The highest BCUT2D eigenvalue weighted by molar-refractivity contribution is 6.36. The molecule has 1 N–H and O–H groups in total. The van der Waals surface area contributed by atoms with Gasteiger partial charge in [-0.05, 0) is 30.3 Å². The predicted molar refractivity (Wildman–Crippen MR) is 89.5 cm³/mol. The highest BCUT2D eigenvalue weighted by Crippen LogP contribution is 2.32. The molecule has 1 heterocycles. The Bertz CT molecular complexity index is 966. The van der Waals surface area contributed by atoms with Crippen LogP contribution < -0.4 is 0 Å². The van der Waals surface area contributed by atoms with Crippen LogP contribution in [0.4, 0.5) is 0 Å². The molecule has 23 heavy (non-hydrogen) atoms. The average Bonchev–Trinajstić information content (AvgIpc) is 2.93. The number of hydrogen-bond donors (Lipinski definition) is 1. The molecule has 0 saturated heterocycles. The monoisotopic (exact) mass is 322 g/mol. The van der Waals surface area contributed by atoms with Crippen molar-refractivity contribution in [1.82, 2.24) is 4.57 Å². The number of fused-ring (bicyclic) bond motifs is 1. The zero-order valence-electron chi connectivity index (χ0n) is 11.9. The molecular weight excluding hydrogens is 312 g/mol. The van der Waals surface area contributed by atoms with Gasteiger partial charge in [0.05, 0.1) is 10.5 Å². The van der Waals surface area contributed by atoms with Crippen molar-refractivity contribution in [2.75, 3.05) is 0 Å². The van der Waals surface area contributed by atoms with E-state index in [4.69, 9.17) is 22.0 Å². The van der Waals surface area contributed by atoms with Gasteiger partial charge in [0.15, 0.2) is 0 Å². The smallest absolute Gasteiger partial charge is 0.346 e. The molecule has 0 aliphatic heterocycles. The predicted octanol–water partition coefficient (Wildman–Crippen LogP) is 4.28. The Morgan fingerprint density at radius 3 is 2.57 bits per heavy atom. The molecule has 0 aliphatic rings. The fourth-order valence-corrected chi connectivity index (χ4v) is 2.76. The summed E-state index contributed by atoms with van der Waals surface area (Å²) in [6.45, 7) is 0. The minimum Gasteiger partial charge on any atom is -0.477 e. The van der Waals surface area contributed by atoms with Crippen LogP contribution in [0.3, 0.4) is 0 Å². The van der Waals surface area contributed by atoms with Crippen LogP contribution in [0.15, 0.2) is 60.3 Å². The largest absolute Gasteiger partial charge is 0.477 e. The lowest BCUT2D eigenvalue weighted by molar-refractivity contribution is -0.132. The molecule has 1 aromatic heterocycles. The van der Waals surface area contributed by atoms with E-state index in [1.165, 1.54) is 6.08 Å². The molecular formula is C18H11ClN2O2. The first-order valence-corrected chi connectivity index (χ1v) is 7.19. The molecule has 3 rings (SSSR count). The molecule has 3 aromatic rings. The van der Waals surface area contributed by atoms with Crippen molar-refractivity contribution >= 4 is 34.5 Å². The Morgan fingerprint density at radius 1 is 1.17 bits per heavy atom. The number of rotatable bonds is 3. The quantitative estimate of drug-likeness (QED) is 0.578. The summed E-state index contributed by atoms with van der Waals surface area (Å²) >= 11 is 6.30. The lowest BCUT2D eigenvalue weighted by atomic mass is 10.1. The lowest BCUT2D eigenvalue weighted by Crippen LogP contribution is -1.97. The summed E-state index contributed by atoms with van der Waals surface area (Å²) in [5.74, 6) is -1.26. The van der Waals surface area contributed by atoms with Gasteiger partial charge in [-0.1, -0.05) is 35.9 Å². The van der Waals surface area contributed by atoms with Gasteiger partial charge < -0.3 is 9.67 Å². The highest BCUT2D eigenvalue weighted by atomic mass is 35.5. The first-order chi connectivity index (χ1) is 11.1. The summed E-state index contributed by atoms with van der Waals surface area (Å²) < 4.78 is 1.92. The number of nitrogens with zero attached hydrogens (tertiary/aromatic N) is 2. The van der Waals surface area contributed by atoms with Crippen LogP contribution >= 0.6 is 11.6 Å². The van der Waals surface area contributed by atoms with Crippen LogP contribution in [0.1, 0.15) is 5.56 Å². The number of carboxylic acids is 1.